The third-order valence-corrected chi connectivity index (χ3v) is 3.66. The van der Waals surface area contributed by atoms with Gasteiger partial charge in [0.1, 0.15) is 0 Å². The maximum atomic E-state index is 13.0. The van der Waals surface area contributed by atoms with Crippen LogP contribution in [0.5, 0.6) is 0 Å². The summed E-state index contributed by atoms with van der Waals surface area (Å²) >= 11 is 1.29. The van der Waals surface area contributed by atoms with Crippen molar-refractivity contribution in [1.82, 2.24) is 0 Å². The van der Waals surface area contributed by atoms with Crippen molar-refractivity contribution in [3.05, 3.63) is 0 Å². The van der Waals surface area contributed by atoms with Crippen molar-refractivity contribution in [2.45, 2.75) is 32.5 Å². The highest BCUT2D eigenvalue weighted by Crippen LogP contribution is 2.15. The standard InChI is InChI=1S/C7H15FOSSi/c1-7(9)10-5-4-6-11(2,3)8/h4-6H2,1-3H3. The SMILES string of the molecule is CC(=O)SCCC[Si](C)(C)F. The zero-order valence-electron chi connectivity index (χ0n) is 7.32. The Labute approximate surface area is 72.9 Å². The maximum Gasteiger partial charge on any atom is 0.241 e. The van der Waals surface area contributed by atoms with Crippen LogP contribution in [0, 0.1) is 0 Å². The van der Waals surface area contributed by atoms with Gasteiger partial charge in [-0.1, -0.05) is 11.8 Å². The molecule has 0 aromatic rings. The molecule has 0 spiro atoms. The van der Waals surface area contributed by atoms with Gasteiger partial charge in [-0.25, -0.2) is 0 Å². The summed E-state index contributed by atoms with van der Waals surface area (Å²) in [5, 5.41) is 0.128. The Bertz CT molecular complexity index is 133. The van der Waals surface area contributed by atoms with Gasteiger partial charge in [0.2, 0.25) is 8.41 Å². The van der Waals surface area contributed by atoms with E-state index in [9.17, 15) is 8.90 Å². The molecule has 0 heterocycles. The Morgan fingerprint density at radius 3 is 2.45 bits per heavy atom. The van der Waals surface area contributed by atoms with Gasteiger partial charge in [-0.3, -0.25) is 4.79 Å². The van der Waals surface area contributed by atoms with Gasteiger partial charge in [0.05, 0.1) is 0 Å². The van der Waals surface area contributed by atoms with Crippen molar-refractivity contribution >= 4 is 25.3 Å². The molecule has 0 saturated carbocycles. The van der Waals surface area contributed by atoms with Gasteiger partial charge in [0, 0.05) is 12.7 Å². The smallest absolute Gasteiger partial charge is 0.241 e. The number of carbonyl (C=O) groups is 1. The monoisotopic (exact) mass is 194 g/mol. The highest BCUT2D eigenvalue weighted by atomic mass is 32.2. The molecule has 0 saturated heterocycles. The first-order valence-corrected chi connectivity index (χ1v) is 7.81. The van der Waals surface area contributed by atoms with Crippen LogP contribution in [-0.2, 0) is 4.79 Å². The van der Waals surface area contributed by atoms with Crippen molar-refractivity contribution in [2.75, 3.05) is 5.75 Å². The first-order chi connectivity index (χ1) is 4.92. The molecule has 0 aliphatic heterocycles. The van der Waals surface area contributed by atoms with Crippen molar-refractivity contribution in [1.29, 1.82) is 0 Å². The average Bonchev–Trinajstić information content (AvgIpc) is 1.78. The first kappa shape index (κ1) is 11.2. The molecule has 0 radical (unpaired) electrons. The van der Waals surface area contributed by atoms with Crippen molar-refractivity contribution < 1.29 is 8.90 Å². The van der Waals surface area contributed by atoms with Crippen molar-refractivity contribution in [3.8, 4) is 0 Å². The lowest BCUT2D eigenvalue weighted by Crippen LogP contribution is -2.17. The summed E-state index contributed by atoms with van der Waals surface area (Å²) in [5.74, 6) is 0.773. The Hall–Kier alpha value is 0.167. The summed E-state index contributed by atoms with van der Waals surface area (Å²) in [7, 11) is -2.35. The zero-order valence-corrected chi connectivity index (χ0v) is 9.13. The predicted octanol–water partition coefficient (Wildman–Crippen LogP) is 2.83. The Balaban J connectivity index is 3.22. The third kappa shape index (κ3) is 10.2. The number of hydrogen-bond donors (Lipinski definition) is 0. The van der Waals surface area contributed by atoms with Gasteiger partial charge >= 0.3 is 0 Å². The molecule has 0 unspecified atom stereocenters. The molecule has 0 atom stereocenters. The number of carbonyl (C=O) groups excluding carboxylic acids is 1. The van der Waals surface area contributed by atoms with E-state index in [1.54, 1.807) is 20.0 Å². The molecule has 1 nitrogen and oxygen atoms in total. The van der Waals surface area contributed by atoms with Crippen LogP contribution < -0.4 is 0 Å². The second-order valence-electron chi connectivity index (χ2n) is 3.16. The van der Waals surface area contributed by atoms with Gasteiger partial charge in [-0.15, -0.1) is 0 Å². The summed E-state index contributed by atoms with van der Waals surface area (Å²) in [6, 6.07) is 0.674. The normalized spacial score (nSPS) is 11.6. The highest BCUT2D eigenvalue weighted by molar-refractivity contribution is 8.13. The van der Waals surface area contributed by atoms with Crippen LogP contribution in [-0.4, -0.2) is 19.3 Å². The van der Waals surface area contributed by atoms with Gasteiger partial charge in [-0.05, 0) is 25.6 Å². The van der Waals surface area contributed by atoms with E-state index in [-0.39, 0.29) is 5.12 Å². The molecular weight excluding hydrogens is 179 g/mol. The van der Waals surface area contributed by atoms with Gasteiger partial charge < -0.3 is 4.11 Å². The summed E-state index contributed by atoms with van der Waals surface area (Å²) < 4.78 is 13.0. The molecule has 0 N–H and O–H groups in total. The molecule has 0 aromatic heterocycles. The number of rotatable bonds is 4. The van der Waals surface area contributed by atoms with Crippen molar-refractivity contribution in [2.24, 2.45) is 0 Å². The Morgan fingerprint density at radius 1 is 1.55 bits per heavy atom. The molecule has 0 fully saturated rings. The topological polar surface area (TPSA) is 17.1 Å². The molecular formula is C7H15FOSSi. The summed E-state index contributed by atoms with van der Waals surface area (Å²) in [6.45, 7) is 4.94. The van der Waals surface area contributed by atoms with E-state index >= 15 is 0 Å². The molecule has 11 heavy (non-hydrogen) atoms. The number of halogens is 1. The quantitative estimate of drug-likeness (QED) is 0.389. The minimum atomic E-state index is -2.35. The fraction of sp³-hybridized carbons (Fsp3) is 0.857. The molecule has 0 bridgehead atoms. The fourth-order valence-corrected chi connectivity index (χ4v) is 2.56. The van der Waals surface area contributed by atoms with Gasteiger partial charge in [0.25, 0.3) is 0 Å². The first-order valence-electron chi connectivity index (χ1n) is 3.74. The Kier molecular flexibility index (Phi) is 5.00. The van der Waals surface area contributed by atoms with E-state index < -0.39 is 8.41 Å². The van der Waals surface area contributed by atoms with Crippen molar-refractivity contribution in [3.63, 3.8) is 0 Å². The second kappa shape index (κ2) is 4.93. The molecule has 66 valence electrons. The van der Waals surface area contributed by atoms with Gasteiger partial charge in [0.15, 0.2) is 5.12 Å². The van der Waals surface area contributed by atoms with E-state index in [2.05, 4.69) is 0 Å². The van der Waals surface area contributed by atoms with Crippen LogP contribution in [0.2, 0.25) is 19.1 Å². The van der Waals surface area contributed by atoms with Crippen LogP contribution in [0.15, 0.2) is 0 Å². The lowest BCUT2D eigenvalue weighted by atomic mass is 10.6. The zero-order chi connectivity index (χ0) is 8.91. The third-order valence-electron chi connectivity index (χ3n) is 1.22. The highest BCUT2D eigenvalue weighted by Gasteiger charge is 2.18. The van der Waals surface area contributed by atoms with E-state index in [0.29, 0.717) is 6.04 Å². The number of thioether (sulfide) groups is 1. The predicted molar refractivity (Wildman–Crippen MR) is 51.2 cm³/mol. The van der Waals surface area contributed by atoms with Crippen LogP contribution >= 0.6 is 11.8 Å². The van der Waals surface area contributed by atoms with Crippen LogP contribution in [0.3, 0.4) is 0 Å². The molecule has 0 aliphatic carbocycles. The summed E-state index contributed by atoms with van der Waals surface area (Å²) in [5.41, 5.74) is 0. The molecule has 0 rings (SSSR count). The van der Waals surface area contributed by atoms with Gasteiger partial charge in [-0.2, -0.15) is 0 Å². The van der Waals surface area contributed by atoms with E-state index in [1.165, 1.54) is 11.8 Å². The second-order valence-corrected chi connectivity index (χ2v) is 8.37. The molecule has 0 amide bonds. The van der Waals surface area contributed by atoms with E-state index in [1.807, 2.05) is 0 Å². The van der Waals surface area contributed by atoms with Crippen LogP contribution in [0.1, 0.15) is 13.3 Å². The van der Waals surface area contributed by atoms with E-state index in [4.69, 9.17) is 0 Å². The summed E-state index contributed by atoms with van der Waals surface area (Å²) in [6.07, 6.45) is 0.833. The molecule has 0 aromatic carbocycles. The van der Waals surface area contributed by atoms with Crippen LogP contribution in [0.4, 0.5) is 4.11 Å². The minimum Gasteiger partial charge on any atom is -0.314 e. The van der Waals surface area contributed by atoms with Crippen LogP contribution in [0.25, 0.3) is 0 Å². The van der Waals surface area contributed by atoms with E-state index in [0.717, 1.165) is 12.2 Å². The maximum absolute atomic E-state index is 13.0. The lowest BCUT2D eigenvalue weighted by Gasteiger charge is -2.08. The fourth-order valence-electron chi connectivity index (χ4n) is 0.708. The molecule has 4 heteroatoms. The lowest BCUT2D eigenvalue weighted by molar-refractivity contribution is -0.109. The average molecular weight is 194 g/mol. The minimum absolute atomic E-state index is 0.128. The Morgan fingerprint density at radius 2 is 2.09 bits per heavy atom. The molecule has 0 aliphatic rings. The summed E-state index contributed by atoms with van der Waals surface area (Å²) in [4.78, 5) is 10.4. The number of hydrogen-bond acceptors (Lipinski definition) is 2. The largest absolute Gasteiger partial charge is 0.314 e.